The van der Waals surface area contributed by atoms with E-state index in [1.54, 1.807) is 14.2 Å². The Balaban J connectivity index is 1.58. The predicted molar refractivity (Wildman–Crippen MR) is 111 cm³/mol. The molecule has 0 saturated heterocycles. The third-order valence-electron chi connectivity index (χ3n) is 4.53. The summed E-state index contributed by atoms with van der Waals surface area (Å²) in [7, 11) is 3.48. The first-order chi connectivity index (χ1) is 13.2. The normalized spacial score (nSPS) is 11.4. The molecule has 0 aliphatic carbocycles. The molecule has 2 N–H and O–H groups in total. The lowest BCUT2D eigenvalue weighted by Crippen LogP contribution is -2.38. The van der Waals surface area contributed by atoms with Crippen LogP contribution >= 0.6 is 0 Å². The van der Waals surface area contributed by atoms with Gasteiger partial charge in [0.25, 0.3) is 0 Å². The molecule has 0 aliphatic heterocycles. The topological polar surface area (TPSA) is 58.5 Å². The molecular formula is C22H26N4O. The summed E-state index contributed by atoms with van der Waals surface area (Å²) in [5.74, 6) is 1.68. The fraction of sp³-hybridized carbons (Fsp3) is 0.273. The molecule has 0 saturated carbocycles. The molecule has 0 atom stereocenters. The highest BCUT2D eigenvalue weighted by Gasteiger charge is 2.06. The zero-order chi connectivity index (χ0) is 19.1. The molecule has 140 valence electrons. The van der Waals surface area contributed by atoms with E-state index in [4.69, 9.17) is 4.74 Å². The Morgan fingerprint density at radius 3 is 2.78 bits per heavy atom. The number of hydrogen-bond donors (Lipinski definition) is 2. The zero-order valence-corrected chi connectivity index (χ0v) is 16.1. The number of fused-ring (bicyclic) bond motifs is 1. The van der Waals surface area contributed by atoms with Gasteiger partial charge in [-0.15, -0.1) is 0 Å². The van der Waals surface area contributed by atoms with Crippen molar-refractivity contribution in [2.75, 3.05) is 20.7 Å². The van der Waals surface area contributed by atoms with E-state index >= 15 is 0 Å². The maximum absolute atomic E-state index is 5.45. The standard InChI is InChI=1S/C22H26N4O/c1-16-8-9-21(27-3)18(14-16)11-13-25-22(23-2)26-15-20-19-7-5-4-6-17(19)10-12-24-20/h4-10,12,14H,11,13,15H2,1-3H3,(H2,23,25,26). The third kappa shape index (κ3) is 4.76. The molecule has 1 aromatic heterocycles. The van der Waals surface area contributed by atoms with Gasteiger partial charge in [0.15, 0.2) is 5.96 Å². The summed E-state index contributed by atoms with van der Waals surface area (Å²) in [5, 5.41) is 9.06. The second-order valence-corrected chi connectivity index (χ2v) is 6.40. The van der Waals surface area contributed by atoms with E-state index in [-0.39, 0.29) is 0 Å². The number of benzene rings is 2. The van der Waals surface area contributed by atoms with Gasteiger partial charge in [0, 0.05) is 25.2 Å². The van der Waals surface area contributed by atoms with Crippen molar-refractivity contribution in [2.24, 2.45) is 4.99 Å². The van der Waals surface area contributed by atoms with Crippen molar-refractivity contribution in [2.45, 2.75) is 19.9 Å². The Morgan fingerprint density at radius 1 is 1.11 bits per heavy atom. The minimum atomic E-state index is 0.620. The second-order valence-electron chi connectivity index (χ2n) is 6.40. The minimum absolute atomic E-state index is 0.620. The van der Waals surface area contributed by atoms with Crippen molar-refractivity contribution in [3.05, 3.63) is 71.5 Å². The Hall–Kier alpha value is -3.08. The molecule has 0 aliphatic rings. The first-order valence-electron chi connectivity index (χ1n) is 9.12. The van der Waals surface area contributed by atoms with Crippen LogP contribution in [0.3, 0.4) is 0 Å². The summed E-state index contributed by atoms with van der Waals surface area (Å²) in [6, 6.07) is 16.5. The average Bonchev–Trinajstić information content (AvgIpc) is 2.70. The summed E-state index contributed by atoms with van der Waals surface area (Å²) in [4.78, 5) is 8.82. The largest absolute Gasteiger partial charge is 0.496 e. The first kappa shape index (κ1) is 18.7. The Morgan fingerprint density at radius 2 is 1.96 bits per heavy atom. The summed E-state index contributed by atoms with van der Waals surface area (Å²) >= 11 is 0. The van der Waals surface area contributed by atoms with Crippen LogP contribution in [0.4, 0.5) is 0 Å². The van der Waals surface area contributed by atoms with Crippen molar-refractivity contribution >= 4 is 16.7 Å². The monoisotopic (exact) mass is 362 g/mol. The molecule has 0 unspecified atom stereocenters. The summed E-state index contributed by atoms with van der Waals surface area (Å²) in [6.45, 7) is 3.48. The molecule has 2 aromatic carbocycles. The summed E-state index contributed by atoms with van der Waals surface area (Å²) < 4.78 is 5.45. The third-order valence-corrected chi connectivity index (χ3v) is 4.53. The molecule has 1 heterocycles. The number of nitrogens with zero attached hydrogens (tertiary/aromatic N) is 2. The van der Waals surface area contributed by atoms with Crippen LogP contribution in [0, 0.1) is 6.92 Å². The molecule has 27 heavy (non-hydrogen) atoms. The molecule has 0 amide bonds. The van der Waals surface area contributed by atoms with E-state index in [0.29, 0.717) is 6.54 Å². The van der Waals surface area contributed by atoms with Gasteiger partial charge in [0.2, 0.25) is 0 Å². The van der Waals surface area contributed by atoms with Gasteiger partial charge in [0.05, 0.1) is 19.3 Å². The van der Waals surface area contributed by atoms with Crippen LogP contribution < -0.4 is 15.4 Å². The molecular weight excluding hydrogens is 336 g/mol. The predicted octanol–water partition coefficient (Wildman–Crippen LogP) is 3.46. The Bertz CT molecular complexity index is 931. The number of aromatic nitrogens is 1. The lowest BCUT2D eigenvalue weighted by molar-refractivity contribution is 0.409. The highest BCUT2D eigenvalue weighted by molar-refractivity contribution is 5.85. The highest BCUT2D eigenvalue weighted by Crippen LogP contribution is 2.19. The number of rotatable bonds is 6. The van der Waals surface area contributed by atoms with Gasteiger partial charge in [-0.1, -0.05) is 42.0 Å². The smallest absolute Gasteiger partial charge is 0.191 e. The zero-order valence-electron chi connectivity index (χ0n) is 16.1. The van der Waals surface area contributed by atoms with Crippen molar-refractivity contribution in [1.82, 2.24) is 15.6 Å². The van der Waals surface area contributed by atoms with Gasteiger partial charge >= 0.3 is 0 Å². The van der Waals surface area contributed by atoms with E-state index in [1.165, 1.54) is 16.5 Å². The number of pyridine rings is 1. The lowest BCUT2D eigenvalue weighted by atomic mass is 10.1. The van der Waals surface area contributed by atoms with Gasteiger partial charge in [-0.3, -0.25) is 9.98 Å². The molecule has 3 aromatic rings. The van der Waals surface area contributed by atoms with Crippen LogP contribution in [0.1, 0.15) is 16.8 Å². The molecule has 0 fully saturated rings. The van der Waals surface area contributed by atoms with E-state index < -0.39 is 0 Å². The van der Waals surface area contributed by atoms with Gasteiger partial charge in [-0.25, -0.2) is 0 Å². The number of nitrogens with one attached hydrogen (secondary N) is 2. The van der Waals surface area contributed by atoms with Crippen LogP contribution in [0.25, 0.3) is 10.8 Å². The van der Waals surface area contributed by atoms with E-state index in [9.17, 15) is 0 Å². The molecule has 5 heteroatoms. The van der Waals surface area contributed by atoms with Crippen LogP contribution in [-0.4, -0.2) is 31.6 Å². The van der Waals surface area contributed by atoms with Gasteiger partial charge in [0.1, 0.15) is 5.75 Å². The maximum atomic E-state index is 5.45. The van der Waals surface area contributed by atoms with Crippen molar-refractivity contribution in [1.29, 1.82) is 0 Å². The number of aliphatic imine (C=N–C) groups is 1. The van der Waals surface area contributed by atoms with Crippen LogP contribution in [0.15, 0.2) is 59.7 Å². The molecule has 3 rings (SSSR count). The highest BCUT2D eigenvalue weighted by atomic mass is 16.5. The SMILES string of the molecule is CN=C(NCCc1cc(C)ccc1OC)NCc1nccc2ccccc12. The molecule has 0 bridgehead atoms. The van der Waals surface area contributed by atoms with Crippen molar-refractivity contribution in [3.8, 4) is 5.75 Å². The quantitative estimate of drug-likeness (QED) is 0.521. The fourth-order valence-corrected chi connectivity index (χ4v) is 3.13. The van der Waals surface area contributed by atoms with Gasteiger partial charge in [-0.2, -0.15) is 0 Å². The molecule has 0 radical (unpaired) electrons. The maximum Gasteiger partial charge on any atom is 0.191 e. The van der Waals surface area contributed by atoms with Crippen LogP contribution in [0.2, 0.25) is 0 Å². The van der Waals surface area contributed by atoms with Crippen LogP contribution in [0.5, 0.6) is 5.75 Å². The average molecular weight is 362 g/mol. The Labute approximate surface area is 160 Å². The number of methoxy groups -OCH3 is 1. The fourth-order valence-electron chi connectivity index (χ4n) is 3.13. The van der Waals surface area contributed by atoms with E-state index in [2.05, 4.69) is 51.8 Å². The number of guanidine groups is 1. The summed E-state index contributed by atoms with van der Waals surface area (Å²) in [6.07, 6.45) is 2.71. The molecule has 5 nitrogen and oxygen atoms in total. The lowest BCUT2D eigenvalue weighted by Gasteiger charge is -2.14. The van der Waals surface area contributed by atoms with Gasteiger partial charge in [-0.05, 0) is 36.4 Å². The van der Waals surface area contributed by atoms with Crippen LogP contribution in [-0.2, 0) is 13.0 Å². The minimum Gasteiger partial charge on any atom is -0.496 e. The first-order valence-corrected chi connectivity index (χ1v) is 9.12. The number of aryl methyl sites for hydroxylation is 1. The van der Waals surface area contributed by atoms with E-state index in [1.807, 2.05) is 30.5 Å². The number of hydrogen-bond acceptors (Lipinski definition) is 3. The second kappa shape index (κ2) is 9.03. The summed E-state index contributed by atoms with van der Waals surface area (Å²) in [5.41, 5.74) is 3.43. The van der Waals surface area contributed by atoms with Gasteiger partial charge < -0.3 is 15.4 Å². The van der Waals surface area contributed by atoms with Crippen molar-refractivity contribution in [3.63, 3.8) is 0 Å². The number of ether oxygens (including phenoxy) is 1. The van der Waals surface area contributed by atoms with Crippen molar-refractivity contribution < 1.29 is 4.74 Å². The van der Waals surface area contributed by atoms with E-state index in [0.717, 1.165) is 35.8 Å². The Kier molecular flexibility index (Phi) is 6.26. The molecule has 0 spiro atoms.